The van der Waals surface area contributed by atoms with Gasteiger partial charge in [-0.15, -0.1) is 0 Å². The van der Waals surface area contributed by atoms with Gasteiger partial charge in [0.25, 0.3) is 0 Å². The number of halogens is 1. The van der Waals surface area contributed by atoms with Gasteiger partial charge in [-0.1, -0.05) is 22.9 Å². The highest BCUT2D eigenvalue weighted by atomic mass is 79.9. The molecular weight excluding hydrogens is 292 g/mol. The quantitative estimate of drug-likeness (QED) is 0.685. The van der Waals surface area contributed by atoms with Crippen LogP contribution in [0.2, 0.25) is 0 Å². The maximum Gasteiger partial charge on any atom is 0.0729 e. The Morgan fingerprint density at radius 1 is 1.06 bits per heavy atom. The lowest BCUT2D eigenvalue weighted by atomic mass is 9.72. The Balaban J connectivity index is 1.66. The van der Waals surface area contributed by atoms with Crippen LogP contribution in [0.1, 0.15) is 45.4 Å². The van der Waals surface area contributed by atoms with Crippen molar-refractivity contribution >= 4 is 15.9 Å². The second kappa shape index (κ2) is 5.41. The lowest BCUT2D eigenvalue weighted by molar-refractivity contribution is -0.153. The highest BCUT2D eigenvalue weighted by Crippen LogP contribution is 2.47. The molecule has 0 bridgehead atoms. The van der Waals surface area contributed by atoms with Crippen LogP contribution < -0.4 is 0 Å². The highest BCUT2D eigenvalue weighted by Gasteiger charge is 2.44. The van der Waals surface area contributed by atoms with Gasteiger partial charge in [0.15, 0.2) is 0 Å². The van der Waals surface area contributed by atoms with E-state index in [0.29, 0.717) is 0 Å². The summed E-state index contributed by atoms with van der Waals surface area (Å²) in [5, 5.41) is 0. The maximum atomic E-state index is 6.17. The van der Waals surface area contributed by atoms with Crippen molar-refractivity contribution in [3.8, 4) is 0 Å². The molecule has 3 rings (SSSR count). The molecule has 4 unspecified atom stereocenters. The monoisotopic (exact) mass is 316 g/mol. The van der Waals surface area contributed by atoms with E-state index in [9.17, 15) is 0 Å². The van der Waals surface area contributed by atoms with Gasteiger partial charge in [-0.05, 0) is 56.3 Å². The molecule has 1 aliphatic carbocycles. The molecule has 0 N–H and O–H groups in total. The molecule has 0 radical (unpaired) electrons. The van der Waals surface area contributed by atoms with E-state index in [1.807, 2.05) is 0 Å². The molecule has 0 aromatic carbocycles. The van der Waals surface area contributed by atoms with E-state index < -0.39 is 0 Å². The van der Waals surface area contributed by atoms with E-state index in [2.05, 4.69) is 22.9 Å². The van der Waals surface area contributed by atoms with E-state index >= 15 is 0 Å². The lowest BCUT2D eigenvalue weighted by Crippen LogP contribution is -2.46. The fraction of sp³-hybridized carbons (Fsp3) is 1.00. The number of hydrogen-bond acceptors (Lipinski definition) is 2. The summed E-state index contributed by atoms with van der Waals surface area (Å²) < 4.78 is 11.7. The van der Waals surface area contributed by atoms with Crippen molar-refractivity contribution in [2.24, 2.45) is 17.8 Å². The van der Waals surface area contributed by atoms with E-state index in [1.54, 1.807) is 0 Å². The van der Waals surface area contributed by atoms with Crippen LogP contribution in [0.15, 0.2) is 0 Å². The molecule has 3 fully saturated rings. The van der Waals surface area contributed by atoms with E-state index in [4.69, 9.17) is 9.47 Å². The lowest BCUT2D eigenvalue weighted by Gasteiger charge is -2.45. The smallest absolute Gasteiger partial charge is 0.0729 e. The molecule has 2 saturated heterocycles. The molecule has 18 heavy (non-hydrogen) atoms. The minimum atomic E-state index is 0.172. The van der Waals surface area contributed by atoms with Crippen molar-refractivity contribution in [2.45, 2.75) is 55.9 Å². The van der Waals surface area contributed by atoms with E-state index in [0.717, 1.165) is 55.2 Å². The average Bonchev–Trinajstić information content (AvgIpc) is 2.71. The molecule has 0 aromatic rings. The normalized spacial score (nSPS) is 44.3. The summed E-state index contributed by atoms with van der Waals surface area (Å²) in [4.78, 5) is 0.746. The first kappa shape index (κ1) is 13.4. The Kier molecular flexibility index (Phi) is 4.03. The van der Waals surface area contributed by atoms with Gasteiger partial charge in [-0.3, -0.25) is 0 Å². The molecule has 1 saturated carbocycles. The highest BCUT2D eigenvalue weighted by molar-refractivity contribution is 9.09. The summed E-state index contributed by atoms with van der Waals surface area (Å²) in [7, 11) is 0. The van der Waals surface area contributed by atoms with Crippen molar-refractivity contribution in [3.05, 3.63) is 0 Å². The minimum Gasteiger partial charge on any atom is -0.381 e. The molecule has 3 aliphatic rings. The van der Waals surface area contributed by atoms with E-state index in [-0.39, 0.29) is 5.60 Å². The zero-order valence-corrected chi connectivity index (χ0v) is 13.0. The van der Waals surface area contributed by atoms with Crippen molar-refractivity contribution in [1.82, 2.24) is 0 Å². The summed E-state index contributed by atoms with van der Waals surface area (Å²) in [6.07, 6.45) is 7.56. The first-order valence-electron chi connectivity index (χ1n) is 7.56. The second-order valence-corrected chi connectivity index (χ2v) is 7.69. The van der Waals surface area contributed by atoms with Crippen LogP contribution in [0.25, 0.3) is 0 Å². The maximum absolute atomic E-state index is 6.17. The Hall–Kier alpha value is 0.400. The van der Waals surface area contributed by atoms with Gasteiger partial charge in [0, 0.05) is 24.6 Å². The van der Waals surface area contributed by atoms with Gasteiger partial charge >= 0.3 is 0 Å². The largest absolute Gasteiger partial charge is 0.381 e. The van der Waals surface area contributed by atoms with Crippen molar-refractivity contribution in [2.75, 3.05) is 19.8 Å². The van der Waals surface area contributed by atoms with Gasteiger partial charge in [0.05, 0.1) is 5.60 Å². The van der Waals surface area contributed by atoms with Crippen LogP contribution in [0.4, 0.5) is 0 Å². The Morgan fingerprint density at radius 2 is 1.83 bits per heavy atom. The van der Waals surface area contributed by atoms with Crippen LogP contribution in [0.5, 0.6) is 0 Å². The van der Waals surface area contributed by atoms with Gasteiger partial charge in [0.1, 0.15) is 0 Å². The minimum absolute atomic E-state index is 0.172. The fourth-order valence-electron chi connectivity index (χ4n) is 4.33. The Morgan fingerprint density at radius 3 is 2.50 bits per heavy atom. The first-order chi connectivity index (χ1) is 8.70. The summed E-state index contributed by atoms with van der Waals surface area (Å²) >= 11 is 3.85. The van der Waals surface area contributed by atoms with Crippen molar-refractivity contribution in [1.29, 1.82) is 0 Å². The summed E-state index contributed by atoms with van der Waals surface area (Å²) in [5.41, 5.74) is 0.172. The van der Waals surface area contributed by atoms with Gasteiger partial charge in [-0.25, -0.2) is 0 Å². The van der Waals surface area contributed by atoms with Crippen molar-refractivity contribution < 1.29 is 9.47 Å². The molecule has 104 valence electrons. The van der Waals surface area contributed by atoms with Crippen LogP contribution in [-0.2, 0) is 9.47 Å². The van der Waals surface area contributed by atoms with Gasteiger partial charge < -0.3 is 9.47 Å². The number of alkyl halides is 1. The number of ether oxygens (including phenoxy) is 2. The molecule has 0 aromatic heterocycles. The molecule has 2 aliphatic heterocycles. The molecular formula is C15H25BrO2. The fourth-order valence-corrected chi connectivity index (χ4v) is 4.99. The third-order valence-corrected chi connectivity index (χ3v) is 6.85. The van der Waals surface area contributed by atoms with Crippen LogP contribution in [0.3, 0.4) is 0 Å². The number of hydrogen-bond donors (Lipinski definition) is 0. The Labute approximate surface area is 119 Å². The average molecular weight is 317 g/mol. The Bertz CT molecular complexity index is 283. The zero-order valence-electron chi connectivity index (χ0n) is 11.4. The van der Waals surface area contributed by atoms with Gasteiger partial charge in [0.2, 0.25) is 0 Å². The third kappa shape index (κ3) is 2.51. The van der Waals surface area contributed by atoms with Crippen LogP contribution >= 0.6 is 15.9 Å². The molecule has 2 nitrogen and oxygen atoms in total. The van der Waals surface area contributed by atoms with Crippen LogP contribution in [0, 0.1) is 17.8 Å². The van der Waals surface area contributed by atoms with E-state index in [1.165, 1.54) is 25.7 Å². The molecule has 2 heterocycles. The second-order valence-electron chi connectivity index (χ2n) is 6.51. The summed E-state index contributed by atoms with van der Waals surface area (Å²) in [6, 6.07) is 0. The summed E-state index contributed by atoms with van der Waals surface area (Å²) in [5.74, 6) is 2.64. The standard InChI is InChI=1S/C15H25BrO2/c1-11-13(2-3-14(11)16)12-4-7-18-15(10-12)5-8-17-9-6-15/h11-14H,2-10H2,1H3. The van der Waals surface area contributed by atoms with Crippen molar-refractivity contribution in [3.63, 3.8) is 0 Å². The SMILES string of the molecule is CC1C(Br)CCC1C1CCOC2(CCOCC2)C1. The summed E-state index contributed by atoms with van der Waals surface area (Å²) in [6.45, 7) is 5.20. The molecule has 1 spiro atoms. The topological polar surface area (TPSA) is 18.5 Å². The predicted molar refractivity (Wildman–Crippen MR) is 76.1 cm³/mol. The molecule has 3 heteroatoms. The number of rotatable bonds is 1. The third-order valence-electron chi connectivity index (χ3n) is 5.56. The van der Waals surface area contributed by atoms with Gasteiger partial charge in [-0.2, -0.15) is 0 Å². The van der Waals surface area contributed by atoms with Crippen LogP contribution in [-0.4, -0.2) is 30.2 Å². The molecule has 0 amide bonds. The first-order valence-corrected chi connectivity index (χ1v) is 8.48. The zero-order chi connectivity index (χ0) is 12.6. The molecule has 4 atom stereocenters. The predicted octanol–water partition coefficient (Wildman–Crippen LogP) is 3.77.